The van der Waals surface area contributed by atoms with Crippen LogP contribution in [0.4, 0.5) is 0 Å². The summed E-state index contributed by atoms with van der Waals surface area (Å²) < 4.78 is 16.3. The summed E-state index contributed by atoms with van der Waals surface area (Å²) in [5.74, 6) is 1.31. The third-order valence-electron chi connectivity index (χ3n) is 8.14. The molecule has 4 atom stereocenters. The monoisotopic (exact) mass is 533 g/mol. The van der Waals surface area contributed by atoms with Gasteiger partial charge >= 0.3 is 0 Å². The van der Waals surface area contributed by atoms with Gasteiger partial charge in [-0.25, -0.2) is 0 Å². The Hall–Kier alpha value is -1.79. The van der Waals surface area contributed by atoms with Crippen molar-refractivity contribution in [1.82, 2.24) is 5.32 Å². The van der Waals surface area contributed by atoms with E-state index in [1.54, 1.807) is 7.11 Å². The quantitative estimate of drug-likeness (QED) is 0.348. The molecule has 1 aliphatic carbocycles. The molecule has 1 N–H and O–H groups in total. The Labute approximate surface area is 224 Å². The van der Waals surface area contributed by atoms with E-state index in [9.17, 15) is 4.79 Å². The summed E-state index contributed by atoms with van der Waals surface area (Å²) in [5.41, 5.74) is 1.57. The molecule has 0 spiro atoms. The molecule has 1 aliphatic heterocycles. The van der Waals surface area contributed by atoms with Crippen LogP contribution in [-0.2, 0) is 14.3 Å². The fraction of sp³-hybridized carbons (Fsp3) is 0.552. The van der Waals surface area contributed by atoms with Gasteiger partial charge in [0, 0.05) is 28.6 Å². The first-order valence-corrected chi connectivity index (χ1v) is 13.6. The van der Waals surface area contributed by atoms with E-state index in [4.69, 9.17) is 37.4 Å². The maximum atomic E-state index is 13.4. The molecular formula is C29H37Cl2NO4. The summed E-state index contributed by atoms with van der Waals surface area (Å²) in [6.45, 7) is 8.50. The second-order valence-electron chi connectivity index (χ2n) is 10.5. The van der Waals surface area contributed by atoms with Gasteiger partial charge in [0.25, 0.3) is 0 Å². The molecular weight excluding hydrogens is 497 g/mol. The summed E-state index contributed by atoms with van der Waals surface area (Å²) in [6, 6.07) is 14.1. The Balaban J connectivity index is 1.64. The van der Waals surface area contributed by atoms with Gasteiger partial charge in [-0.15, -0.1) is 0 Å². The molecule has 2 fully saturated rings. The van der Waals surface area contributed by atoms with Crippen LogP contribution in [0.3, 0.4) is 0 Å². The minimum absolute atomic E-state index is 0.114. The normalized spacial score (nSPS) is 26.9. The number of nitrogens with one attached hydrogen (secondary N) is 1. The third kappa shape index (κ3) is 5.26. The fourth-order valence-electron chi connectivity index (χ4n) is 6.59. The molecule has 2 aromatic rings. The van der Waals surface area contributed by atoms with E-state index in [0.717, 1.165) is 30.6 Å². The van der Waals surface area contributed by atoms with E-state index in [2.05, 4.69) is 44.3 Å². The molecule has 36 heavy (non-hydrogen) atoms. The number of methoxy groups -OCH3 is 1. The number of ether oxygens (including phenoxy) is 3. The van der Waals surface area contributed by atoms with Crippen molar-refractivity contribution in [3.05, 3.63) is 63.6 Å². The van der Waals surface area contributed by atoms with Gasteiger partial charge in [0.15, 0.2) is 0 Å². The SMILES string of the molecule is CC[C@@]12CC[C@@H](c3ccc(OCCOCCOC)cc3Cl)[C@H](c3ccc(Cl)cc3)[C@@H]1C(C)(C)NC2=O. The molecule has 0 unspecified atom stereocenters. The van der Waals surface area contributed by atoms with Gasteiger partial charge in [0.1, 0.15) is 12.4 Å². The van der Waals surface area contributed by atoms with Gasteiger partial charge in [-0.3, -0.25) is 4.79 Å². The van der Waals surface area contributed by atoms with Crippen molar-refractivity contribution in [3.63, 3.8) is 0 Å². The number of carbonyl (C=O) groups is 1. The molecule has 1 amide bonds. The first-order valence-electron chi connectivity index (χ1n) is 12.8. The summed E-state index contributed by atoms with van der Waals surface area (Å²) in [5, 5.41) is 4.73. The molecule has 1 saturated heterocycles. The Morgan fingerprint density at radius 3 is 2.42 bits per heavy atom. The third-order valence-corrected chi connectivity index (χ3v) is 8.72. The minimum atomic E-state index is -0.386. The molecule has 2 aromatic carbocycles. The van der Waals surface area contributed by atoms with E-state index >= 15 is 0 Å². The van der Waals surface area contributed by atoms with Crippen LogP contribution in [0.1, 0.15) is 63.0 Å². The highest BCUT2D eigenvalue weighted by Gasteiger charge is 2.63. The Morgan fingerprint density at radius 1 is 1.03 bits per heavy atom. The number of carbonyl (C=O) groups excluding carboxylic acids is 1. The van der Waals surface area contributed by atoms with Crippen molar-refractivity contribution in [2.45, 2.75) is 57.4 Å². The average Bonchev–Trinajstić information content (AvgIpc) is 3.06. The predicted octanol–water partition coefficient (Wildman–Crippen LogP) is 6.62. The van der Waals surface area contributed by atoms with E-state index in [1.807, 2.05) is 24.3 Å². The summed E-state index contributed by atoms with van der Waals surface area (Å²) >= 11 is 13.2. The van der Waals surface area contributed by atoms with Gasteiger partial charge in [-0.05, 0) is 80.3 Å². The van der Waals surface area contributed by atoms with Gasteiger partial charge in [0.2, 0.25) is 5.91 Å². The van der Waals surface area contributed by atoms with Crippen molar-refractivity contribution in [2.75, 3.05) is 33.5 Å². The summed E-state index contributed by atoms with van der Waals surface area (Å²) in [6.07, 6.45) is 2.54. The van der Waals surface area contributed by atoms with Crippen LogP contribution < -0.4 is 10.1 Å². The fourth-order valence-corrected chi connectivity index (χ4v) is 7.03. The Bertz CT molecular complexity index is 1060. The van der Waals surface area contributed by atoms with Gasteiger partial charge in [0.05, 0.1) is 25.2 Å². The van der Waals surface area contributed by atoms with E-state index in [0.29, 0.717) is 36.5 Å². The number of halogens is 2. The summed E-state index contributed by atoms with van der Waals surface area (Å²) in [4.78, 5) is 13.4. The number of hydrogen-bond acceptors (Lipinski definition) is 4. The van der Waals surface area contributed by atoms with Gasteiger partial charge in [-0.1, -0.05) is 48.3 Å². The van der Waals surface area contributed by atoms with Gasteiger partial charge < -0.3 is 19.5 Å². The lowest BCUT2D eigenvalue weighted by Gasteiger charge is -2.50. The second kappa shape index (κ2) is 11.3. The van der Waals surface area contributed by atoms with Crippen LogP contribution in [0.15, 0.2) is 42.5 Å². The van der Waals surface area contributed by atoms with Crippen LogP contribution in [0, 0.1) is 11.3 Å². The highest BCUT2D eigenvalue weighted by Crippen LogP contribution is 2.63. The van der Waals surface area contributed by atoms with Gasteiger partial charge in [-0.2, -0.15) is 0 Å². The smallest absolute Gasteiger partial charge is 0.227 e. The number of benzene rings is 2. The number of fused-ring (bicyclic) bond motifs is 1. The molecule has 7 heteroatoms. The predicted molar refractivity (Wildman–Crippen MR) is 144 cm³/mol. The first kappa shape index (κ1) is 27.3. The molecule has 2 aliphatic rings. The zero-order valence-electron chi connectivity index (χ0n) is 21.6. The van der Waals surface area contributed by atoms with Crippen LogP contribution in [0.5, 0.6) is 5.75 Å². The average molecular weight is 535 g/mol. The molecule has 5 nitrogen and oxygen atoms in total. The van der Waals surface area contributed by atoms with Crippen molar-refractivity contribution in [3.8, 4) is 5.75 Å². The summed E-state index contributed by atoms with van der Waals surface area (Å²) in [7, 11) is 1.65. The van der Waals surface area contributed by atoms with Crippen LogP contribution in [-0.4, -0.2) is 45.0 Å². The maximum absolute atomic E-state index is 13.4. The topological polar surface area (TPSA) is 56.8 Å². The Kier molecular flexibility index (Phi) is 8.56. The standard InChI is InChI=1S/C29H37Cl2NO4/c1-5-29-13-12-23(22-11-10-21(18-24(22)31)36-17-16-35-15-14-34-4)25(19-6-8-20(30)9-7-19)26(29)28(2,3)32-27(29)33/h6-11,18,23,25-26H,5,12-17H2,1-4H3,(H,32,33)/t23-,25-,26+,29+/m0/s1. The number of hydrogen-bond donors (Lipinski definition) is 1. The van der Waals surface area contributed by atoms with E-state index in [-0.39, 0.29) is 34.6 Å². The van der Waals surface area contributed by atoms with Crippen LogP contribution >= 0.6 is 23.2 Å². The highest BCUT2D eigenvalue weighted by molar-refractivity contribution is 6.31. The molecule has 0 radical (unpaired) electrons. The minimum Gasteiger partial charge on any atom is -0.491 e. The van der Waals surface area contributed by atoms with Crippen molar-refractivity contribution >= 4 is 29.1 Å². The molecule has 0 aromatic heterocycles. The van der Waals surface area contributed by atoms with Crippen molar-refractivity contribution in [1.29, 1.82) is 0 Å². The number of rotatable bonds is 10. The lowest BCUT2D eigenvalue weighted by Crippen LogP contribution is -2.48. The highest BCUT2D eigenvalue weighted by atomic mass is 35.5. The van der Waals surface area contributed by atoms with Crippen molar-refractivity contribution in [2.24, 2.45) is 11.3 Å². The second-order valence-corrected chi connectivity index (χ2v) is 11.4. The zero-order chi connectivity index (χ0) is 25.9. The largest absolute Gasteiger partial charge is 0.491 e. The van der Waals surface area contributed by atoms with Crippen molar-refractivity contribution < 1.29 is 19.0 Å². The molecule has 1 heterocycles. The number of amides is 1. The van der Waals surface area contributed by atoms with E-state index < -0.39 is 0 Å². The Morgan fingerprint density at radius 2 is 1.75 bits per heavy atom. The van der Waals surface area contributed by atoms with Crippen LogP contribution in [0.25, 0.3) is 0 Å². The van der Waals surface area contributed by atoms with E-state index in [1.165, 1.54) is 5.56 Å². The molecule has 0 bridgehead atoms. The molecule has 4 rings (SSSR count). The molecule has 196 valence electrons. The zero-order valence-corrected chi connectivity index (χ0v) is 23.1. The molecule has 1 saturated carbocycles. The van der Waals surface area contributed by atoms with Crippen LogP contribution in [0.2, 0.25) is 10.0 Å². The first-order chi connectivity index (χ1) is 17.2. The lowest BCUT2D eigenvalue weighted by atomic mass is 9.52. The lowest BCUT2D eigenvalue weighted by molar-refractivity contribution is -0.131. The maximum Gasteiger partial charge on any atom is 0.227 e.